The SMILES string of the molecule is CC(C(=O)O)N(C)CCCCCCO.Cl. The van der Waals surface area contributed by atoms with E-state index < -0.39 is 12.0 Å². The van der Waals surface area contributed by atoms with E-state index in [2.05, 4.69) is 0 Å². The summed E-state index contributed by atoms with van der Waals surface area (Å²) in [7, 11) is 1.82. The van der Waals surface area contributed by atoms with Crippen molar-refractivity contribution in [2.45, 2.75) is 38.6 Å². The Balaban J connectivity index is 0. The maximum absolute atomic E-state index is 10.6. The summed E-state index contributed by atoms with van der Waals surface area (Å²) in [6, 6.07) is -0.409. The fraction of sp³-hybridized carbons (Fsp3) is 0.900. The van der Waals surface area contributed by atoms with Crippen LogP contribution in [0.15, 0.2) is 0 Å². The van der Waals surface area contributed by atoms with E-state index in [1.165, 1.54) is 0 Å². The largest absolute Gasteiger partial charge is 0.480 e. The Morgan fingerprint density at radius 1 is 1.27 bits per heavy atom. The molecule has 0 saturated carbocycles. The summed E-state index contributed by atoms with van der Waals surface area (Å²) in [5.74, 6) is -0.775. The quantitative estimate of drug-likeness (QED) is 0.628. The first-order chi connectivity index (χ1) is 6.59. The van der Waals surface area contributed by atoms with Crippen LogP contribution in [0.4, 0.5) is 0 Å². The van der Waals surface area contributed by atoms with Crippen molar-refractivity contribution in [3.05, 3.63) is 0 Å². The molecule has 0 saturated heterocycles. The van der Waals surface area contributed by atoms with Gasteiger partial charge in [-0.1, -0.05) is 12.8 Å². The topological polar surface area (TPSA) is 60.8 Å². The number of carboxylic acid groups (broad SMARTS) is 1. The fourth-order valence-electron chi connectivity index (χ4n) is 1.21. The first kappa shape index (κ1) is 17.1. The molecule has 0 spiro atoms. The Kier molecular flexibility index (Phi) is 11.6. The number of hydrogen-bond acceptors (Lipinski definition) is 3. The molecule has 92 valence electrons. The summed E-state index contributed by atoms with van der Waals surface area (Å²) < 4.78 is 0. The van der Waals surface area contributed by atoms with Gasteiger partial charge in [0.05, 0.1) is 0 Å². The minimum Gasteiger partial charge on any atom is -0.480 e. The number of aliphatic hydroxyl groups is 1. The number of nitrogens with zero attached hydrogens (tertiary/aromatic N) is 1. The molecule has 0 rings (SSSR count). The van der Waals surface area contributed by atoms with Crippen molar-refractivity contribution in [3.63, 3.8) is 0 Å². The van der Waals surface area contributed by atoms with Gasteiger partial charge >= 0.3 is 5.97 Å². The summed E-state index contributed by atoms with van der Waals surface area (Å²) in [5, 5.41) is 17.3. The number of rotatable bonds is 8. The maximum Gasteiger partial charge on any atom is 0.320 e. The summed E-state index contributed by atoms with van der Waals surface area (Å²) in [5.41, 5.74) is 0. The second-order valence-corrected chi connectivity index (χ2v) is 3.63. The third-order valence-corrected chi connectivity index (χ3v) is 2.44. The van der Waals surface area contributed by atoms with Crippen LogP contribution in [0.25, 0.3) is 0 Å². The molecule has 0 aliphatic heterocycles. The van der Waals surface area contributed by atoms with Gasteiger partial charge in [-0.15, -0.1) is 12.4 Å². The molecule has 4 nitrogen and oxygen atoms in total. The summed E-state index contributed by atoms with van der Waals surface area (Å²) in [6.07, 6.45) is 3.91. The molecule has 0 amide bonds. The number of unbranched alkanes of at least 4 members (excludes halogenated alkanes) is 3. The highest BCUT2D eigenvalue weighted by molar-refractivity contribution is 5.85. The van der Waals surface area contributed by atoms with Gasteiger partial charge in [0.15, 0.2) is 0 Å². The van der Waals surface area contributed by atoms with Gasteiger partial charge in [0, 0.05) is 6.61 Å². The van der Waals surface area contributed by atoms with Crippen molar-refractivity contribution in [1.82, 2.24) is 4.90 Å². The van der Waals surface area contributed by atoms with E-state index in [0.717, 1.165) is 32.2 Å². The van der Waals surface area contributed by atoms with Crippen molar-refractivity contribution in [3.8, 4) is 0 Å². The first-order valence-electron chi connectivity index (χ1n) is 5.13. The van der Waals surface area contributed by atoms with Gasteiger partial charge < -0.3 is 10.2 Å². The van der Waals surface area contributed by atoms with E-state index in [9.17, 15) is 4.79 Å². The highest BCUT2D eigenvalue weighted by Crippen LogP contribution is 2.03. The van der Waals surface area contributed by atoms with Crippen LogP contribution in [0.2, 0.25) is 0 Å². The van der Waals surface area contributed by atoms with E-state index in [4.69, 9.17) is 10.2 Å². The molecule has 0 aromatic rings. The molecule has 0 radical (unpaired) electrons. The summed E-state index contributed by atoms with van der Waals surface area (Å²) >= 11 is 0. The van der Waals surface area contributed by atoms with E-state index in [-0.39, 0.29) is 19.0 Å². The van der Waals surface area contributed by atoms with E-state index >= 15 is 0 Å². The third kappa shape index (κ3) is 8.66. The van der Waals surface area contributed by atoms with Crippen molar-refractivity contribution >= 4 is 18.4 Å². The van der Waals surface area contributed by atoms with Crippen LogP contribution >= 0.6 is 12.4 Å². The second-order valence-electron chi connectivity index (χ2n) is 3.63. The number of hydrogen-bond donors (Lipinski definition) is 2. The molecule has 5 heteroatoms. The molecule has 2 N–H and O–H groups in total. The number of aliphatic hydroxyl groups excluding tert-OH is 1. The number of halogens is 1. The minimum atomic E-state index is -0.775. The molecule has 0 aliphatic carbocycles. The van der Waals surface area contributed by atoms with Gasteiger partial charge in [0.25, 0.3) is 0 Å². The number of likely N-dealkylation sites (N-methyl/N-ethyl adjacent to an activating group) is 1. The van der Waals surface area contributed by atoms with Gasteiger partial charge in [0.2, 0.25) is 0 Å². The Morgan fingerprint density at radius 3 is 2.27 bits per heavy atom. The van der Waals surface area contributed by atoms with E-state index in [1.54, 1.807) is 6.92 Å². The minimum absolute atomic E-state index is 0. The zero-order valence-electron chi connectivity index (χ0n) is 9.48. The molecule has 1 atom stereocenters. The van der Waals surface area contributed by atoms with Crippen LogP contribution in [-0.4, -0.2) is 47.3 Å². The van der Waals surface area contributed by atoms with E-state index in [1.807, 2.05) is 11.9 Å². The molecular formula is C10H22ClNO3. The third-order valence-electron chi connectivity index (χ3n) is 2.44. The monoisotopic (exact) mass is 239 g/mol. The fourth-order valence-corrected chi connectivity index (χ4v) is 1.21. The van der Waals surface area contributed by atoms with Crippen molar-refractivity contribution in [2.75, 3.05) is 20.2 Å². The molecule has 0 aromatic heterocycles. The second kappa shape index (κ2) is 10.2. The lowest BCUT2D eigenvalue weighted by molar-refractivity contribution is -0.142. The Bertz CT molecular complexity index is 167. The zero-order valence-corrected chi connectivity index (χ0v) is 10.3. The average Bonchev–Trinajstić information content (AvgIpc) is 2.16. The molecule has 0 fully saturated rings. The molecule has 0 heterocycles. The Labute approximate surface area is 97.7 Å². The highest BCUT2D eigenvalue weighted by atomic mass is 35.5. The normalized spacial score (nSPS) is 12.3. The maximum atomic E-state index is 10.6. The molecule has 0 bridgehead atoms. The molecule has 1 unspecified atom stereocenters. The highest BCUT2D eigenvalue weighted by Gasteiger charge is 2.15. The molecule has 0 aliphatic rings. The van der Waals surface area contributed by atoms with Gasteiger partial charge in [-0.05, 0) is 33.4 Å². The first-order valence-corrected chi connectivity index (χ1v) is 5.13. The van der Waals surface area contributed by atoms with Gasteiger partial charge in [-0.3, -0.25) is 9.69 Å². The molecular weight excluding hydrogens is 218 g/mol. The van der Waals surface area contributed by atoms with Crippen molar-refractivity contribution < 1.29 is 15.0 Å². The van der Waals surface area contributed by atoms with Crippen molar-refractivity contribution in [2.24, 2.45) is 0 Å². The Morgan fingerprint density at radius 2 is 1.80 bits per heavy atom. The smallest absolute Gasteiger partial charge is 0.320 e. The lowest BCUT2D eigenvalue weighted by atomic mass is 10.2. The van der Waals surface area contributed by atoms with Gasteiger partial charge in [-0.2, -0.15) is 0 Å². The predicted molar refractivity (Wildman–Crippen MR) is 62.5 cm³/mol. The molecule has 15 heavy (non-hydrogen) atoms. The van der Waals surface area contributed by atoms with Crippen LogP contribution in [0, 0.1) is 0 Å². The van der Waals surface area contributed by atoms with Crippen LogP contribution in [0.5, 0.6) is 0 Å². The van der Waals surface area contributed by atoms with Crippen LogP contribution in [0.1, 0.15) is 32.6 Å². The van der Waals surface area contributed by atoms with Crippen LogP contribution in [-0.2, 0) is 4.79 Å². The summed E-state index contributed by atoms with van der Waals surface area (Å²) in [6.45, 7) is 2.75. The number of carboxylic acids is 1. The standard InChI is InChI=1S/C10H21NO3.ClH/c1-9(10(13)14)11(2)7-5-3-4-6-8-12;/h9,12H,3-8H2,1-2H3,(H,13,14);1H. The number of carbonyl (C=O) groups is 1. The van der Waals surface area contributed by atoms with Crippen molar-refractivity contribution in [1.29, 1.82) is 0 Å². The Hall–Kier alpha value is -0.320. The van der Waals surface area contributed by atoms with Crippen LogP contribution < -0.4 is 0 Å². The predicted octanol–water partition coefficient (Wildman–Crippen LogP) is 1.37. The van der Waals surface area contributed by atoms with Gasteiger partial charge in [-0.25, -0.2) is 0 Å². The molecule has 0 aromatic carbocycles. The van der Waals surface area contributed by atoms with E-state index in [0.29, 0.717) is 0 Å². The van der Waals surface area contributed by atoms with Crippen LogP contribution in [0.3, 0.4) is 0 Å². The summed E-state index contributed by atoms with van der Waals surface area (Å²) in [4.78, 5) is 12.4. The zero-order chi connectivity index (χ0) is 11.0. The average molecular weight is 240 g/mol. The van der Waals surface area contributed by atoms with Gasteiger partial charge in [0.1, 0.15) is 6.04 Å². The number of aliphatic carboxylic acids is 1. The lowest BCUT2D eigenvalue weighted by Gasteiger charge is -2.20. The lowest BCUT2D eigenvalue weighted by Crippen LogP contribution is -2.36.